The van der Waals surface area contributed by atoms with E-state index in [1.54, 1.807) is 24.3 Å². The van der Waals surface area contributed by atoms with Gasteiger partial charge in [-0.3, -0.25) is 4.79 Å². The molecule has 0 saturated carbocycles. The first-order valence-electron chi connectivity index (χ1n) is 8.73. The highest BCUT2D eigenvalue weighted by atomic mass is 79.9. The Hall–Kier alpha value is -3.07. The van der Waals surface area contributed by atoms with Gasteiger partial charge in [0, 0.05) is 16.2 Å². The highest BCUT2D eigenvalue weighted by Crippen LogP contribution is 2.34. The van der Waals surface area contributed by atoms with Gasteiger partial charge in [0.05, 0.1) is 35.8 Å². The number of pyridine rings is 1. The van der Waals surface area contributed by atoms with Crippen LogP contribution in [0.3, 0.4) is 0 Å². The predicted octanol–water partition coefficient (Wildman–Crippen LogP) is 6.18. The van der Waals surface area contributed by atoms with Crippen molar-refractivity contribution in [1.29, 1.82) is 0 Å². The molecule has 9 heteroatoms. The van der Waals surface area contributed by atoms with Gasteiger partial charge in [0.2, 0.25) is 5.88 Å². The maximum Gasteiger partial charge on any atom is 0.416 e. The number of hydrogen-bond donors (Lipinski definition) is 2. The molecule has 5 nitrogen and oxygen atoms in total. The van der Waals surface area contributed by atoms with Crippen molar-refractivity contribution in [2.45, 2.75) is 13.1 Å². The molecule has 1 amide bonds. The molecule has 0 aliphatic heterocycles. The fraction of sp³-hybridized carbons (Fsp3) is 0.143. The van der Waals surface area contributed by atoms with Gasteiger partial charge < -0.3 is 15.4 Å². The number of alkyl halides is 3. The monoisotopic (exact) mass is 479 g/mol. The summed E-state index contributed by atoms with van der Waals surface area (Å²) in [6.07, 6.45) is -3.15. The van der Waals surface area contributed by atoms with E-state index in [2.05, 4.69) is 31.5 Å². The van der Waals surface area contributed by atoms with E-state index in [1.165, 1.54) is 13.3 Å². The Kier molecular flexibility index (Phi) is 6.31. The average molecular weight is 480 g/mol. The SMILES string of the molecule is COc1ccc(NC(=O)c2ccc(C(F)(F)F)cc2Nc2ccc(Br)cc2C)cn1. The molecular weight excluding hydrogens is 463 g/mol. The van der Waals surface area contributed by atoms with Gasteiger partial charge in [-0.05, 0) is 55.0 Å². The molecule has 1 heterocycles. The van der Waals surface area contributed by atoms with Gasteiger partial charge >= 0.3 is 6.18 Å². The molecular formula is C21H17BrF3N3O2. The van der Waals surface area contributed by atoms with Crippen molar-refractivity contribution in [1.82, 2.24) is 4.98 Å². The van der Waals surface area contributed by atoms with E-state index in [-0.39, 0.29) is 11.3 Å². The van der Waals surface area contributed by atoms with Crippen LogP contribution in [-0.2, 0) is 6.18 Å². The summed E-state index contributed by atoms with van der Waals surface area (Å²) in [4.78, 5) is 16.8. The number of methoxy groups -OCH3 is 1. The van der Waals surface area contributed by atoms with Crippen molar-refractivity contribution < 1.29 is 22.7 Å². The third-order valence-corrected chi connectivity index (χ3v) is 4.75. The zero-order chi connectivity index (χ0) is 21.9. The molecule has 0 atom stereocenters. The molecule has 0 aliphatic carbocycles. The Bertz CT molecular complexity index is 1070. The number of carbonyl (C=O) groups excluding carboxylic acids is 1. The van der Waals surface area contributed by atoms with E-state index in [9.17, 15) is 18.0 Å². The van der Waals surface area contributed by atoms with Gasteiger partial charge in [-0.25, -0.2) is 4.98 Å². The third kappa shape index (κ3) is 5.10. The second kappa shape index (κ2) is 8.74. The second-order valence-electron chi connectivity index (χ2n) is 6.39. The van der Waals surface area contributed by atoms with Crippen molar-refractivity contribution in [3.8, 4) is 5.88 Å². The summed E-state index contributed by atoms with van der Waals surface area (Å²) in [7, 11) is 1.46. The smallest absolute Gasteiger partial charge is 0.416 e. The molecule has 2 aromatic carbocycles. The van der Waals surface area contributed by atoms with Crippen LogP contribution in [0.4, 0.5) is 30.2 Å². The number of amides is 1. The highest BCUT2D eigenvalue weighted by Gasteiger charge is 2.31. The Morgan fingerprint density at radius 3 is 2.43 bits per heavy atom. The van der Waals surface area contributed by atoms with Gasteiger partial charge in [0.25, 0.3) is 5.91 Å². The first-order chi connectivity index (χ1) is 14.2. The van der Waals surface area contributed by atoms with Crippen molar-refractivity contribution in [2.24, 2.45) is 0 Å². The number of aromatic nitrogens is 1. The Labute approximate surface area is 179 Å². The molecule has 0 bridgehead atoms. The normalized spacial score (nSPS) is 11.1. The minimum atomic E-state index is -4.54. The first-order valence-corrected chi connectivity index (χ1v) is 9.52. The van der Waals surface area contributed by atoms with Crippen LogP contribution in [0, 0.1) is 6.92 Å². The number of hydrogen-bond acceptors (Lipinski definition) is 4. The summed E-state index contributed by atoms with van der Waals surface area (Å²) in [6, 6.07) is 11.4. The van der Waals surface area contributed by atoms with Crippen molar-refractivity contribution in [2.75, 3.05) is 17.7 Å². The van der Waals surface area contributed by atoms with E-state index in [0.717, 1.165) is 28.2 Å². The van der Waals surface area contributed by atoms with Crippen LogP contribution in [0.15, 0.2) is 59.2 Å². The minimum Gasteiger partial charge on any atom is -0.481 e. The first kappa shape index (κ1) is 21.6. The zero-order valence-electron chi connectivity index (χ0n) is 16.0. The fourth-order valence-corrected chi connectivity index (χ4v) is 3.18. The lowest BCUT2D eigenvalue weighted by molar-refractivity contribution is -0.137. The molecule has 0 fully saturated rings. The van der Waals surface area contributed by atoms with Gasteiger partial charge in [-0.1, -0.05) is 15.9 Å². The van der Waals surface area contributed by atoms with Crippen LogP contribution in [0.25, 0.3) is 0 Å². The number of rotatable bonds is 5. The molecule has 156 valence electrons. The van der Waals surface area contributed by atoms with Gasteiger partial charge in [0.1, 0.15) is 0 Å². The number of nitrogens with one attached hydrogen (secondary N) is 2. The summed E-state index contributed by atoms with van der Waals surface area (Å²) >= 11 is 3.35. The maximum absolute atomic E-state index is 13.2. The summed E-state index contributed by atoms with van der Waals surface area (Å²) in [5, 5.41) is 5.58. The van der Waals surface area contributed by atoms with Crippen LogP contribution in [-0.4, -0.2) is 18.0 Å². The molecule has 0 aliphatic rings. The molecule has 2 N–H and O–H groups in total. The van der Waals surface area contributed by atoms with E-state index < -0.39 is 17.6 Å². The zero-order valence-corrected chi connectivity index (χ0v) is 17.6. The Morgan fingerprint density at radius 1 is 1.07 bits per heavy atom. The molecule has 1 aromatic heterocycles. The fourth-order valence-electron chi connectivity index (χ4n) is 2.71. The summed E-state index contributed by atoms with van der Waals surface area (Å²) < 4.78 is 45.5. The predicted molar refractivity (Wildman–Crippen MR) is 112 cm³/mol. The summed E-state index contributed by atoms with van der Waals surface area (Å²) in [5.41, 5.74) is 0.995. The number of benzene rings is 2. The molecule has 30 heavy (non-hydrogen) atoms. The van der Waals surface area contributed by atoms with E-state index in [1.807, 2.05) is 13.0 Å². The summed E-state index contributed by atoms with van der Waals surface area (Å²) in [6.45, 7) is 1.81. The molecule has 0 radical (unpaired) electrons. The average Bonchev–Trinajstić information content (AvgIpc) is 2.70. The largest absolute Gasteiger partial charge is 0.481 e. The minimum absolute atomic E-state index is 0.0363. The topological polar surface area (TPSA) is 63.2 Å². The molecule has 0 unspecified atom stereocenters. The van der Waals surface area contributed by atoms with Crippen LogP contribution >= 0.6 is 15.9 Å². The van der Waals surface area contributed by atoms with E-state index in [0.29, 0.717) is 17.3 Å². The molecule has 3 aromatic rings. The second-order valence-corrected chi connectivity index (χ2v) is 7.30. The molecule has 0 saturated heterocycles. The Balaban J connectivity index is 1.96. The van der Waals surface area contributed by atoms with Crippen LogP contribution in [0.5, 0.6) is 5.88 Å². The lowest BCUT2D eigenvalue weighted by Crippen LogP contribution is -2.15. The highest BCUT2D eigenvalue weighted by molar-refractivity contribution is 9.10. The quantitative estimate of drug-likeness (QED) is 0.458. The van der Waals surface area contributed by atoms with Crippen molar-refractivity contribution in [3.05, 3.63) is 75.9 Å². The lowest BCUT2D eigenvalue weighted by Gasteiger charge is -2.17. The summed E-state index contributed by atoms with van der Waals surface area (Å²) in [5.74, 6) is -0.205. The maximum atomic E-state index is 13.2. The van der Waals surface area contributed by atoms with Gasteiger partial charge in [0.15, 0.2) is 0 Å². The van der Waals surface area contributed by atoms with Crippen LogP contribution < -0.4 is 15.4 Å². The third-order valence-electron chi connectivity index (χ3n) is 4.25. The number of halogens is 4. The van der Waals surface area contributed by atoms with Crippen molar-refractivity contribution in [3.63, 3.8) is 0 Å². The lowest BCUT2D eigenvalue weighted by atomic mass is 10.1. The molecule has 3 rings (SSSR count). The van der Waals surface area contributed by atoms with Gasteiger partial charge in [-0.15, -0.1) is 0 Å². The van der Waals surface area contributed by atoms with Crippen LogP contribution in [0.2, 0.25) is 0 Å². The number of ether oxygens (including phenoxy) is 1. The number of anilines is 3. The van der Waals surface area contributed by atoms with E-state index >= 15 is 0 Å². The van der Waals surface area contributed by atoms with Crippen LogP contribution in [0.1, 0.15) is 21.5 Å². The van der Waals surface area contributed by atoms with Gasteiger partial charge in [-0.2, -0.15) is 13.2 Å². The van der Waals surface area contributed by atoms with Crippen molar-refractivity contribution >= 4 is 38.9 Å². The van der Waals surface area contributed by atoms with E-state index in [4.69, 9.17) is 4.74 Å². The number of nitrogens with zero attached hydrogens (tertiary/aromatic N) is 1. The Morgan fingerprint density at radius 2 is 1.83 bits per heavy atom. The molecule has 0 spiro atoms. The number of carbonyl (C=O) groups is 1. The standard InChI is InChI=1S/C21H17BrF3N3O2/c1-12-9-14(22)4-7-17(12)28-18-10-13(21(23,24)25)3-6-16(18)20(29)27-15-5-8-19(30-2)26-11-15/h3-11,28H,1-2H3,(H,27,29). The number of aryl methyl sites for hydroxylation is 1.